The molecule has 1 rings (SSSR count). The molecule has 0 aliphatic carbocycles. The number of carbonyl (C=O) groups excluding carboxylic acids is 1. The molecule has 112 valence electrons. The largest absolute Gasteiger partial charge is 0.322 e. The third-order valence-electron chi connectivity index (χ3n) is 3.68. The van der Waals surface area contributed by atoms with Crippen LogP contribution in [0.15, 0.2) is 0 Å². The molecule has 0 spiro atoms. The van der Waals surface area contributed by atoms with E-state index in [1.54, 1.807) is 0 Å². The number of hydrogen-bond acceptors (Lipinski definition) is 3. The second kappa shape index (κ2) is 7.25. The van der Waals surface area contributed by atoms with Crippen molar-refractivity contribution in [2.24, 2.45) is 5.92 Å². The molecule has 1 fully saturated rings. The second-order valence-electron chi connectivity index (χ2n) is 6.48. The quantitative estimate of drug-likeness (QED) is 0.767. The first kappa shape index (κ1) is 16.4. The van der Waals surface area contributed by atoms with E-state index >= 15 is 0 Å². The first-order valence-corrected chi connectivity index (χ1v) is 7.59. The summed E-state index contributed by atoms with van der Waals surface area (Å²) in [6.45, 7) is 9.56. The van der Waals surface area contributed by atoms with Crippen LogP contribution in [-0.2, 0) is 4.79 Å². The Labute approximate surface area is 118 Å². The van der Waals surface area contributed by atoms with Gasteiger partial charge in [0.15, 0.2) is 0 Å². The SMILES string of the molecule is CCCC1NC(C)C(=O)N1C(CC(C)C)CN(C)C. The Morgan fingerprint density at radius 1 is 1.37 bits per heavy atom. The maximum atomic E-state index is 12.4. The molecule has 0 aromatic rings. The summed E-state index contributed by atoms with van der Waals surface area (Å²) in [7, 11) is 4.17. The van der Waals surface area contributed by atoms with E-state index in [0.29, 0.717) is 12.0 Å². The Morgan fingerprint density at radius 3 is 2.47 bits per heavy atom. The molecule has 0 radical (unpaired) electrons. The molecule has 0 aromatic carbocycles. The summed E-state index contributed by atoms with van der Waals surface area (Å²) >= 11 is 0. The zero-order chi connectivity index (χ0) is 14.6. The van der Waals surface area contributed by atoms with Gasteiger partial charge in [0.05, 0.1) is 12.2 Å². The van der Waals surface area contributed by atoms with E-state index in [0.717, 1.165) is 25.8 Å². The molecule has 3 unspecified atom stereocenters. The van der Waals surface area contributed by atoms with Gasteiger partial charge in [-0.05, 0) is 39.8 Å². The summed E-state index contributed by atoms with van der Waals surface area (Å²) in [5, 5.41) is 3.44. The van der Waals surface area contributed by atoms with Crippen LogP contribution in [0.2, 0.25) is 0 Å². The second-order valence-corrected chi connectivity index (χ2v) is 6.48. The molecule has 3 atom stereocenters. The molecular formula is C15H31N3O. The number of likely N-dealkylation sites (N-methyl/N-ethyl adjacent to an activating group) is 1. The molecule has 1 aliphatic rings. The van der Waals surface area contributed by atoms with E-state index in [1.165, 1.54) is 0 Å². The predicted molar refractivity (Wildman–Crippen MR) is 79.9 cm³/mol. The third-order valence-corrected chi connectivity index (χ3v) is 3.68. The number of hydrogen-bond donors (Lipinski definition) is 1. The molecule has 0 aromatic heterocycles. The van der Waals surface area contributed by atoms with E-state index in [9.17, 15) is 4.79 Å². The van der Waals surface area contributed by atoms with Gasteiger partial charge in [0.1, 0.15) is 0 Å². The lowest BCUT2D eigenvalue weighted by Gasteiger charge is -2.35. The maximum absolute atomic E-state index is 12.4. The van der Waals surface area contributed by atoms with Gasteiger partial charge >= 0.3 is 0 Å². The van der Waals surface area contributed by atoms with E-state index < -0.39 is 0 Å². The van der Waals surface area contributed by atoms with Gasteiger partial charge in [-0.15, -0.1) is 0 Å². The zero-order valence-corrected chi connectivity index (χ0v) is 13.4. The Morgan fingerprint density at radius 2 is 2.00 bits per heavy atom. The van der Waals surface area contributed by atoms with Crippen molar-refractivity contribution in [3.05, 3.63) is 0 Å². The standard InChI is InChI=1S/C15H31N3O/c1-7-8-14-16-12(4)15(19)18(14)13(9-11(2)3)10-17(5)6/h11-14,16H,7-10H2,1-6H3. The van der Waals surface area contributed by atoms with Crippen LogP contribution >= 0.6 is 0 Å². The number of rotatable bonds is 7. The molecule has 1 heterocycles. The lowest BCUT2D eigenvalue weighted by atomic mass is 10.0. The first-order chi connectivity index (χ1) is 8.86. The smallest absolute Gasteiger partial charge is 0.241 e. The highest BCUT2D eigenvalue weighted by molar-refractivity contribution is 5.84. The Kier molecular flexibility index (Phi) is 6.27. The lowest BCUT2D eigenvalue weighted by molar-refractivity contribution is -0.132. The molecule has 0 bridgehead atoms. The topological polar surface area (TPSA) is 35.6 Å². The van der Waals surface area contributed by atoms with Crippen LogP contribution in [0.3, 0.4) is 0 Å². The molecule has 1 saturated heterocycles. The van der Waals surface area contributed by atoms with Crippen molar-refractivity contribution < 1.29 is 4.79 Å². The van der Waals surface area contributed by atoms with Crippen molar-refractivity contribution >= 4 is 5.91 Å². The van der Waals surface area contributed by atoms with Crippen molar-refractivity contribution in [1.82, 2.24) is 15.1 Å². The summed E-state index contributed by atoms with van der Waals surface area (Å²) in [5.74, 6) is 0.877. The monoisotopic (exact) mass is 269 g/mol. The molecule has 0 saturated carbocycles. The van der Waals surface area contributed by atoms with Crippen molar-refractivity contribution in [2.75, 3.05) is 20.6 Å². The highest BCUT2D eigenvalue weighted by Crippen LogP contribution is 2.22. The molecule has 4 heteroatoms. The van der Waals surface area contributed by atoms with Gasteiger partial charge in [0, 0.05) is 12.6 Å². The van der Waals surface area contributed by atoms with Gasteiger partial charge in [-0.25, -0.2) is 0 Å². The highest BCUT2D eigenvalue weighted by Gasteiger charge is 2.39. The average molecular weight is 269 g/mol. The molecule has 1 aliphatic heterocycles. The number of amides is 1. The Balaban J connectivity index is 2.85. The molecule has 1 N–H and O–H groups in total. The summed E-state index contributed by atoms with van der Waals surface area (Å²) < 4.78 is 0. The minimum Gasteiger partial charge on any atom is -0.322 e. The van der Waals surface area contributed by atoms with Crippen LogP contribution in [0.5, 0.6) is 0 Å². The molecule has 4 nitrogen and oxygen atoms in total. The fraction of sp³-hybridized carbons (Fsp3) is 0.933. The van der Waals surface area contributed by atoms with Crippen molar-refractivity contribution in [3.8, 4) is 0 Å². The van der Waals surface area contributed by atoms with Crippen LogP contribution < -0.4 is 5.32 Å². The maximum Gasteiger partial charge on any atom is 0.241 e. The summed E-state index contributed by atoms with van der Waals surface area (Å²) in [6, 6.07) is 0.282. The van der Waals surface area contributed by atoms with Crippen LogP contribution in [0, 0.1) is 5.92 Å². The van der Waals surface area contributed by atoms with E-state index in [-0.39, 0.29) is 18.1 Å². The van der Waals surface area contributed by atoms with Crippen LogP contribution in [0.25, 0.3) is 0 Å². The Hall–Kier alpha value is -0.610. The Bertz CT molecular complexity index is 281. The van der Waals surface area contributed by atoms with E-state index in [4.69, 9.17) is 0 Å². The van der Waals surface area contributed by atoms with Crippen molar-refractivity contribution in [1.29, 1.82) is 0 Å². The van der Waals surface area contributed by atoms with E-state index in [1.807, 2.05) is 6.92 Å². The number of carbonyl (C=O) groups is 1. The fourth-order valence-electron chi connectivity index (χ4n) is 2.99. The van der Waals surface area contributed by atoms with Gasteiger partial charge in [-0.2, -0.15) is 0 Å². The van der Waals surface area contributed by atoms with Crippen molar-refractivity contribution in [3.63, 3.8) is 0 Å². The molecular weight excluding hydrogens is 238 g/mol. The number of nitrogens with one attached hydrogen (secondary N) is 1. The summed E-state index contributed by atoms with van der Waals surface area (Å²) in [5.41, 5.74) is 0. The van der Waals surface area contributed by atoms with E-state index in [2.05, 4.69) is 50.0 Å². The van der Waals surface area contributed by atoms with Crippen LogP contribution in [-0.4, -0.2) is 54.6 Å². The minimum atomic E-state index is -0.0339. The lowest BCUT2D eigenvalue weighted by Crippen LogP contribution is -2.49. The molecule has 1 amide bonds. The first-order valence-electron chi connectivity index (χ1n) is 7.59. The van der Waals surface area contributed by atoms with Gasteiger partial charge < -0.3 is 9.80 Å². The minimum absolute atomic E-state index is 0.0339. The molecule has 19 heavy (non-hydrogen) atoms. The normalized spacial score (nSPS) is 25.7. The third kappa shape index (κ3) is 4.46. The van der Waals surface area contributed by atoms with Crippen LogP contribution in [0.1, 0.15) is 47.0 Å². The van der Waals surface area contributed by atoms with Gasteiger partial charge in [0.2, 0.25) is 5.91 Å². The summed E-state index contributed by atoms with van der Waals surface area (Å²) in [6.07, 6.45) is 3.43. The predicted octanol–water partition coefficient (Wildman–Crippen LogP) is 1.91. The van der Waals surface area contributed by atoms with Gasteiger partial charge in [-0.1, -0.05) is 27.2 Å². The summed E-state index contributed by atoms with van der Waals surface area (Å²) in [4.78, 5) is 16.7. The van der Waals surface area contributed by atoms with Gasteiger partial charge in [0.25, 0.3) is 0 Å². The van der Waals surface area contributed by atoms with Crippen molar-refractivity contribution in [2.45, 2.75) is 65.2 Å². The fourth-order valence-corrected chi connectivity index (χ4v) is 2.99. The highest BCUT2D eigenvalue weighted by atomic mass is 16.2. The zero-order valence-electron chi connectivity index (χ0n) is 13.4. The average Bonchev–Trinajstić information content (AvgIpc) is 2.53. The van der Waals surface area contributed by atoms with Gasteiger partial charge in [-0.3, -0.25) is 10.1 Å². The number of nitrogens with zero attached hydrogens (tertiary/aromatic N) is 2. The van der Waals surface area contributed by atoms with Crippen LogP contribution in [0.4, 0.5) is 0 Å².